The highest BCUT2D eigenvalue weighted by Crippen LogP contribution is 2.26. The van der Waals surface area contributed by atoms with E-state index in [1.807, 2.05) is 88.0 Å². The van der Waals surface area contributed by atoms with Crippen molar-refractivity contribution in [3.8, 4) is 17.1 Å². The van der Waals surface area contributed by atoms with Gasteiger partial charge in [0.2, 0.25) is 0 Å². The van der Waals surface area contributed by atoms with Gasteiger partial charge in [0.25, 0.3) is 12.2 Å². The zero-order valence-electron chi connectivity index (χ0n) is 16.6. The van der Waals surface area contributed by atoms with Crippen LogP contribution in [0.25, 0.3) is 22.4 Å². The topological polar surface area (TPSA) is 58.1 Å². The van der Waals surface area contributed by atoms with Crippen molar-refractivity contribution in [2.24, 2.45) is 0 Å². The summed E-state index contributed by atoms with van der Waals surface area (Å²) in [6.45, 7) is 0. The highest BCUT2D eigenvalue weighted by molar-refractivity contribution is 6.07. The van der Waals surface area contributed by atoms with Crippen LogP contribution in [0.4, 0.5) is 5.69 Å². The highest BCUT2D eigenvalue weighted by Gasteiger charge is 2.16. The number of carbonyl (C=O) groups is 1. The number of nitrogens with zero attached hydrogens (tertiary/aromatic N) is 2. The smallest absolute Gasteiger partial charge is 0.269 e. The summed E-state index contributed by atoms with van der Waals surface area (Å²) in [4.78, 5) is 12.8. The first-order chi connectivity index (χ1) is 15.2. The van der Waals surface area contributed by atoms with Crippen LogP contribution in [0.1, 0.15) is 10.4 Å². The summed E-state index contributed by atoms with van der Waals surface area (Å²) in [6, 6.07) is 32.1. The van der Waals surface area contributed by atoms with E-state index in [0.29, 0.717) is 5.69 Å². The van der Waals surface area contributed by atoms with Crippen LogP contribution in [0.5, 0.6) is 5.75 Å². The van der Waals surface area contributed by atoms with Crippen molar-refractivity contribution in [3.05, 3.63) is 115 Å². The molecule has 0 fully saturated rings. The number of aromatic hydroxyl groups is 1. The third kappa shape index (κ3) is 3.42. The molecule has 5 nitrogen and oxygen atoms in total. The fourth-order valence-corrected chi connectivity index (χ4v) is 3.64. The van der Waals surface area contributed by atoms with Crippen molar-refractivity contribution in [2.45, 2.75) is 0 Å². The monoisotopic (exact) mass is 405 g/mol. The minimum atomic E-state index is -0.377. The molecule has 5 aromatic rings. The Bertz CT molecular complexity index is 1390. The van der Waals surface area contributed by atoms with Gasteiger partial charge in [-0.15, -0.1) is 0 Å². The molecular weight excluding hydrogens is 386 g/mol. The molecule has 0 bridgehead atoms. The summed E-state index contributed by atoms with van der Waals surface area (Å²) in [5.74, 6) is -0.435. The lowest BCUT2D eigenvalue weighted by Gasteiger charge is -2.12. The standard InChI is InChI=1S/C26H19N3O2/c30-25-17-9-4-12-20(25)26(31)27-21-13-5-6-14-22(21)29-18-28(19-10-2-1-3-11-19)23-15-7-8-16-24(23)29/h1-17,30H,(H,27,31). The molecule has 1 heterocycles. The van der Waals surface area contributed by atoms with Crippen molar-refractivity contribution < 1.29 is 14.5 Å². The molecule has 0 saturated carbocycles. The van der Waals surface area contributed by atoms with Crippen LogP contribution in [0, 0.1) is 6.33 Å². The fourth-order valence-electron chi connectivity index (χ4n) is 3.64. The zero-order chi connectivity index (χ0) is 21.2. The van der Waals surface area contributed by atoms with Gasteiger partial charge in [-0.3, -0.25) is 13.9 Å². The van der Waals surface area contributed by atoms with Crippen molar-refractivity contribution in [2.75, 3.05) is 5.32 Å². The minimum absolute atomic E-state index is 0.0580. The van der Waals surface area contributed by atoms with Gasteiger partial charge in [-0.05, 0) is 36.4 Å². The molecular formula is C26H19N3O2. The van der Waals surface area contributed by atoms with Gasteiger partial charge >= 0.3 is 0 Å². The SMILES string of the molecule is O=C(Nc1ccccc1-n1[c-][n+](-c2ccccc2)c2ccccc21)c1ccccc1O. The molecule has 150 valence electrons. The number of anilines is 1. The maximum atomic E-state index is 12.8. The van der Waals surface area contributed by atoms with Crippen LogP contribution in [-0.2, 0) is 0 Å². The molecule has 0 aliphatic rings. The zero-order valence-corrected chi connectivity index (χ0v) is 16.6. The van der Waals surface area contributed by atoms with E-state index in [2.05, 4.69) is 11.6 Å². The van der Waals surface area contributed by atoms with Gasteiger partial charge in [0.15, 0.2) is 0 Å². The summed E-state index contributed by atoms with van der Waals surface area (Å²) >= 11 is 0. The summed E-state index contributed by atoms with van der Waals surface area (Å²) in [5.41, 5.74) is 4.56. The first-order valence-electron chi connectivity index (χ1n) is 9.91. The quantitative estimate of drug-likeness (QED) is 0.337. The maximum Gasteiger partial charge on any atom is 0.269 e. The number of imidazole rings is 1. The number of hydrogen-bond donors (Lipinski definition) is 2. The minimum Gasteiger partial charge on any atom is -0.507 e. The van der Waals surface area contributed by atoms with Gasteiger partial charge in [-0.2, -0.15) is 0 Å². The van der Waals surface area contributed by atoms with Gasteiger partial charge in [0.05, 0.1) is 33.7 Å². The van der Waals surface area contributed by atoms with E-state index in [1.54, 1.807) is 18.2 Å². The number of hydrogen-bond acceptors (Lipinski definition) is 2. The highest BCUT2D eigenvalue weighted by atomic mass is 16.3. The number of rotatable bonds is 4. The molecule has 1 amide bonds. The van der Waals surface area contributed by atoms with Gasteiger partial charge in [-0.25, -0.2) is 0 Å². The van der Waals surface area contributed by atoms with Crippen molar-refractivity contribution in [1.82, 2.24) is 4.57 Å². The Labute approximate surface area is 179 Å². The molecule has 0 spiro atoms. The molecule has 4 aromatic carbocycles. The van der Waals surface area contributed by atoms with Gasteiger partial charge in [0.1, 0.15) is 5.75 Å². The van der Waals surface area contributed by atoms with E-state index >= 15 is 0 Å². The van der Waals surface area contributed by atoms with E-state index in [1.165, 1.54) is 6.07 Å². The Morgan fingerprint density at radius 2 is 1.48 bits per heavy atom. The van der Waals surface area contributed by atoms with Gasteiger partial charge < -0.3 is 10.4 Å². The molecule has 0 aliphatic heterocycles. The van der Waals surface area contributed by atoms with E-state index < -0.39 is 0 Å². The van der Waals surface area contributed by atoms with Crippen LogP contribution in [-0.4, -0.2) is 15.6 Å². The van der Waals surface area contributed by atoms with Crippen molar-refractivity contribution >= 4 is 22.6 Å². The second-order valence-electron chi connectivity index (χ2n) is 7.08. The Balaban J connectivity index is 1.63. The van der Waals surface area contributed by atoms with Gasteiger partial charge in [-0.1, -0.05) is 66.7 Å². The first-order valence-corrected chi connectivity index (χ1v) is 9.91. The summed E-state index contributed by atoms with van der Waals surface area (Å²) in [7, 11) is 0. The molecule has 0 aliphatic carbocycles. The number of benzene rings is 4. The third-order valence-electron chi connectivity index (χ3n) is 5.12. The number of carbonyl (C=O) groups excluding carboxylic acids is 1. The number of phenolic OH excluding ortho intramolecular Hbond substituents is 1. The number of phenols is 1. The molecule has 5 rings (SSSR count). The summed E-state index contributed by atoms with van der Waals surface area (Å²) in [5, 5.41) is 13.0. The number of aromatic nitrogens is 2. The lowest BCUT2D eigenvalue weighted by molar-refractivity contribution is -0.572. The molecule has 0 atom stereocenters. The number of amides is 1. The first kappa shape index (κ1) is 18.6. The molecule has 5 heteroatoms. The van der Waals surface area contributed by atoms with Crippen LogP contribution >= 0.6 is 0 Å². The third-order valence-corrected chi connectivity index (χ3v) is 5.12. The second kappa shape index (κ2) is 7.80. The molecule has 2 N–H and O–H groups in total. The van der Waals surface area contributed by atoms with Crippen LogP contribution in [0.2, 0.25) is 0 Å². The average Bonchev–Trinajstić information content (AvgIpc) is 3.20. The van der Waals surface area contributed by atoms with Crippen LogP contribution < -0.4 is 9.88 Å². The molecule has 1 aromatic heterocycles. The maximum absolute atomic E-state index is 12.8. The fraction of sp³-hybridized carbons (Fsp3) is 0. The van der Waals surface area contributed by atoms with Crippen LogP contribution in [0.15, 0.2) is 103 Å². The van der Waals surface area contributed by atoms with Crippen LogP contribution in [0.3, 0.4) is 0 Å². The lowest BCUT2D eigenvalue weighted by atomic mass is 10.1. The Morgan fingerprint density at radius 3 is 2.32 bits per heavy atom. The average molecular weight is 405 g/mol. The molecule has 0 saturated heterocycles. The van der Waals surface area contributed by atoms with Crippen molar-refractivity contribution in [1.29, 1.82) is 0 Å². The number of nitrogens with one attached hydrogen (secondary N) is 1. The number of fused-ring (bicyclic) bond motifs is 1. The molecule has 0 unspecified atom stereocenters. The van der Waals surface area contributed by atoms with E-state index in [0.717, 1.165) is 22.4 Å². The Hall–Kier alpha value is -4.38. The Morgan fingerprint density at radius 1 is 0.806 bits per heavy atom. The normalized spacial score (nSPS) is 10.8. The van der Waals surface area contributed by atoms with E-state index in [4.69, 9.17) is 0 Å². The van der Waals surface area contributed by atoms with E-state index in [9.17, 15) is 9.90 Å². The number of para-hydroxylation sites is 6. The lowest BCUT2D eigenvalue weighted by Crippen LogP contribution is -2.29. The Kier molecular flexibility index (Phi) is 4.69. The summed E-state index contributed by atoms with van der Waals surface area (Å²) in [6.07, 6.45) is 3.42. The van der Waals surface area contributed by atoms with E-state index in [-0.39, 0.29) is 17.2 Å². The summed E-state index contributed by atoms with van der Waals surface area (Å²) < 4.78 is 3.93. The molecule has 31 heavy (non-hydrogen) atoms. The predicted octanol–water partition coefficient (Wildman–Crippen LogP) is 4.67. The van der Waals surface area contributed by atoms with Crippen molar-refractivity contribution in [3.63, 3.8) is 0 Å². The largest absolute Gasteiger partial charge is 0.507 e. The second-order valence-corrected chi connectivity index (χ2v) is 7.08. The molecule has 0 radical (unpaired) electrons. The van der Waals surface area contributed by atoms with Gasteiger partial charge in [0, 0.05) is 0 Å². The predicted molar refractivity (Wildman–Crippen MR) is 120 cm³/mol.